The van der Waals surface area contributed by atoms with Crippen LogP contribution < -0.4 is 10.1 Å². The van der Waals surface area contributed by atoms with Crippen molar-refractivity contribution in [2.45, 2.75) is 38.3 Å². The summed E-state index contributed by atoms with van der Waals surface area (Å²) in [6, 6.07) is 3.95. The summed E-state index contributed by atoms with van der Waals surface area (Å²) in [7, 11) is 0. The van der Waals surface area contributed by atoms with Gasteiger partial charge in [-0.3, -0.25) is 4.79 Å². The van der Waals surface area contributed by atoms with E-state index >= 15 is 0 Å². The maximum atomic E-state index is 12.3. The lowest BCUT2D eigenvalue weighted by atomic mass is 9.83. The van der Waals surface area contributed by atoms with Gasteiger partial charge in [-0.1, -0.05) is 6.92 Å². The Morgan fingerprint density at radius 2 is 2.00 bits per heavy atom. The van der Waals surface area contributed by atoms with Crippen molar-refractivity contribution in [1.82, 2.24) is 5.32 Å². The minimum absolute atomic E-state index is 0.00670. The molecule has 0 bridgehead atoms. The standard InChI is InChI=1S/C14H15I2NO2/c1-8-2-4-14(5-3-8)17-13(18)10-6-9(15)7-11(16)12(10)19-14/h6-8H,2-5H2,1H3,(H,17,18). The summed E-state index contributed by atoms with van der Waals surface area (Å²) >= 11 is 4.48. The van der Waals surface area contributed by atoms with Gasteiger partial charge < -0.3 is 10.1 Å². The second-order valence-electron chi connectivity index (χ2n) is 5.50. The smallest absolute Gasteiger partial charge is 0.258 e. The van der Waals surface area contributed by atoms with Crippen LogP contribution in [0.1, 0.15) is 43.0 Å². The molecule has 0 radical (unpaired) electrons. The molecule has 0 atom stereocenters. The predicted octanol–water partition coefficient (Wildman–Crippen LogP) is 3.92. The van der Waals surface area contributed by atoms with E-state index in [-0.39, 0.29) is 5.91 Å². The molecule has 0 saturated heterocycles. The van der Waals surface area contributed by atoms with E-state index in [1.54, 1.807) is 0 Å². The molecule has 1 aromatic carbocycles. The highest BCUT2D eigenvalue weighted by molar-refractivity contribution is 14.1. The van der Waals surface area contributed by atoms with Crippen LogP contribution in [0.5, 0.6) is 5.75 Å². The Kier molecular flexibility index (Phi) is 3.70. The molecule has 2 aliphatic rings. The van der Waals surface area contributed by atoms with Crippen molar-refractivity contribution in [2.75, 3.05) is 0 Å². The molecule has 102 valence electrons. The Hall–Kier alpha value is -0.0500. The van der Waals surface area contributed by atoms with E-state index in [1.165, 1.54) is 0 Å². The van der Waals surface area contributed by atoms with Crippen molar-refractivity contribution in [1.29, 1.82) is 0 Å². The number of rotatable bonds is 0. The van der Waals surface area contributed by atoms with Gasteiger partial charge in [-0.2, -0.15) is 0 Å². The average Bonchev–Trinajstić information content (AvgIpc) is 2.35. The summed E-state index contributed by atoms with van der Waals surface area (Å²) in [6.07, 6.45) is 4.02. The molecule has 1 N–H and O–H groups in total. The maximum Gasteiger partial charge on any atom is 0.258 e. The fourth-order valence-electron chi connectivity index (χ4n) is 2.78. The van der Waals surface area contributed by atoms with E-state index in [0.29, 0.717) is 5.56 Å². The second-order valence-corrected chi connectivity index (χ2v) is 7.91. The number of amides is 1. The molecule has 1 saturated carbocycles. The first-order valence-electron chi connectivity index (χ1n) is 6.50. The molecule has 1 fully saturated rings. The number of fused-ring (bicyclic) bond motifs is 1. The fourth-order valence-corrected chi connectivity index (χ4v) is 4.74. The number of halogens is 2. The van der Waals surface area contributed by atoms with Crippen molar-refractivity contribution < 1.29 is 9.53 Å². The summed E-state index contributed by atoms with van der Waals surface area (Å²) in [4.78, 5) is 12.3. The summed E-state index contributed by atoms with van der Waals surface area (Å²) in [6.45, 7) is 2.26. The van der Waals surface area contributed by atoms with Crippen LogP contribution in [0, 0.1) is 13.1 Å². The Bertz CT molecular complexity index is 536. The average molecular weight is 483 g/mol. The van der Waals surface area contributed by atoms with Gasteiger partial charge >= 0.3 is 0 Å². The lowest BCUT2D eigenvalue weighted by Gasteiger charge is -2.43. The third kappa shape index (κ3) is 2.59. The predicted molar refractivity (Wildman–Crippen MR) is 90.3 cm³/mol. The molecule has 1 amide bonds. The van der Waals surface area contributed by atoms with Gasteiger partial charge in [0.25, 0.3) is 5.91 Å². The highest BCUT2D eigenvalue weighted by atomic mass is 127. The molecule has 3 rings (SSSR count). The van der Waals surface area contributed by atoms with Crippen LogP contribution >= 0.6 is 45.2 Å². The molecular weight excluding hydrogens is 468 g/mol. The van der Waals surface area contributed by atoms with Crippen LogP contribution in [0.4, 0.5) is 0 Å². The van der Waals surface area contributed by atoms with Crippen LogP contribution in [-0.2, 0) is 0 Å². The van der Waals surface area contributed by atoms with Crippen molar-refractivity contribution >= 4 is 51.1 Å². The van der Waals surface area contributed by atoms with Gasteiger partial charge in [0.2, 0.25) is 0 Å². The Morgan fingerprint density at radius 1 is 1.32 bits per heavy atom. The maximum absolute atomic E-state index is 12.3. The van der Waals surface area contributed by atoms with Gasteiger partial charge in [-0.15, -0.1) is 0 Å². The summed E-state index contributed by atoms with van der Waals surface area (Å²) in [5.41, 5.74) is 0.198. The van der Waals surface area contributed by atoms with Gasteiger partial charge in [-0.05, 0) is 76.1 Å². The first-order valence-corrected chi connectivity index (χ1v) is 8.65. The van der Waals surface area contributed by atoms with Crippen LogP contribution in [0.2, 0.25) is 0 Å². The summed E-state index contributed by atoms with van der Waals surface area (Å²) < 4.78 is 8.31. The number of hydrogen-bond donors (Lipinski definition) is 1. The number of ether oxygens (including phenoxy) is 1. The number of carbonyl (C=O) groups is 1. The molecule has 5 heteroatoms. The molecule has 3 nitrogen and oxygen atoms in total. The molecule has 1 spiro atoms. The van der Waals surface area contributed by atoms with E-state index in [2.05, 4.69) is 63.5 Å². The molecule has 19 heavy (non-hydrogen) atoms. The van der Waals surface area contributed by atoms with E-state index in [4.69, 9.17) is 4.74 Å². The Morgan fingerprint density at radius 3 is 2.68 bits per heavy atom. The number of carbonyl (C=O) groups excluding carboxylic acids is 1. The Labute approximate surface area is 140 Å². The van der Waals surface area contributed by atoms with E-state index < -0.39 is 5.72 Å². The number of hydrogen-bond acceptors (Lipinski definition) is 2. The Balaban J connectivity index is 1.98. The van der Waals surface area contributed by atoms with Gasteiger partial charge in [-0.25, -0.2) is 0 Å². The quantitative estimate of drug-likeness (QED) is 0.569. The van der Waals surface area contributed by atoms with Gasteiger partial charge in [0.15, 0.2) is 5.72 Å². The molecule has 0 unspecified atom stereocenters. The van der Waals surface area contributed by atoms with Crippen LogP contribution in [0.25, 0.3) is 0 Å². The number of benzene rings is 1. The lowest BCUT2D eigenvalue weighted by Crippen LogP contribution is -2.57. The van der Waals surface area contributed by atoms with Crippen LogP contribution in [0.15, 0.2) is 12.1 Å². The van der Waals surface area contributed by atoms with E-state index in [9.17, 15) is 4.79 Å². The molecule has 1 heterocycles. The van der Waals surface area contributed by atoms with Gasteiger partial charge in [0, 0.05) is 16.4 Å². The topological polar surface area (TPSA) is 38.3 Å². The fraction of sp³-hybridized carbons (Fsp3) is 0.500. The minimum Gasteiger partial charge on any atom is -0.466 e. The first kappa shape index (κ1) is 13.9. The van der Waals surface area contributed by atoms with Gasteiger partial charge in [0.1, 0.15) is 5.75 Å². The van der Waals surface area contributed by atoms with Crippen molar-refractivity contribution in [3.05, 3.63) is 24.8 Å². The zero-order chi connectivity index (χ0) is 13.6. The minimum atomic E-state index is -0.469. The molecule has 1 aliphatic heterocycles. The van der Waals surface area contributed by atoms with Crippen LogP contribution in [-0.4, -0.2) is 11.6 Å². The monoisotopic (exact) mass is 483 g/mol. The van der Waals surface area contributed by atoms with Crippen LogP contribution in [0.3, 0.4) is 0 Å². The zero-order valence-corrected chi connectivity index (χ0v) is 14.9. The third-order valence-corrected chi connectivity index (χ3v) is 5.40. The first-order chi connectivity index (χ1) is 8.99. The molecule has 0 aromatic heterocycles. The largest absolute Gasteiger partial charge is 0.466 e. The molecule has 1 aliphatic carbocycles. The zero-order valence-electron chi connectivity index (χ0n) is 10.6. The third-order valence-electron chi connectivity index (χ3n) is 3.97. The summed E-state index contributed by atoms with van der Waals surface area (Å²) in [5, 5.41) is 3.10. The lowest BCUT2D eigenvalue weighted by molar-refractivity contribution is -0.0183. The second kappa shape index (κ2) is 5.05. The number of nitrogens with one attached hydrogen (secondary N) is 1. The van der Waals surface area contributed by atoms with E-state index in [1.807, 2.05) is 6.07 Å². The highest BCUT2D eigenvalue weighted by Crippen LogP contribution is 2.40. The highest BCUT2D eigenvalue weighted by Gasteiger charge is 2.42. The van der Waals surface area contributed by atoms with E-state index in [0.717, 1.165) is 44.5 Å². The normalized spacial score (nSPS) is 29.6. The SMILES string of the molecule is CC1CCC2(CC1)NC(=O)c1cc(I)cc(I)c1O2. The van der Waals surface area contributed by atoms with Crippen molar-refractivity contribution in [2.24, 2.45) is 5.92 Å². The van der Waals surface area contributed by atoms with Crippen molar-refractivity contribution in [3.8, 4) is 5.75 Å². The van der Waals surface area contributed by atoms with Crippen molar-refractivity contribution in [3.63, 3.8) is 0 Å². The molecular formula is C14H15I2NO2. The molecule has 1 aromatic rings. The van der Waals surface area contributed by atoms with Gasteiger partial charge in [0.05, 0.1) is 9.13 Å². The summed E-state index contributed by atoms with van der Waals surface area (Å²) in [5.74, 6) is 1.50.